The van der Waals surface area contributed by atoms with E-state index >= 15 is 0 Å². The summed E-state index contributed by atoms with van der Waals surface area (Å²) in [6.07, 6.45) is 2.11. The van der Waals surface area contributed by atoms with E-state index in [-0.39, 0.29) is 11.0 Å². The van der Waals surface area contributed by atoms with Crippen LogP contribution in [0.1, 0.15) is 34.9 Å². The van der Waals surface area contributed by atoms with Gasteiger partial charge in [0, 0.05) is 12.0 Å². The van der Waals surface area contributed by atoms with Gasteiger partial charge in [-0.1, -0.05) is 0 Å². The lowest BCUT2D eigenvalue weighted by Gasteiger charge is -2.02. The number of aromatic carboxylic acids is 1. The van der Waals surface area contributed by atoms with Crippen molar-refractivity contribution in [3.05, 3.63) is 45.8 Å². The van der Waals surface area contributed by atoms with E-state index in [9.17, 15) is 9.59 Å². The van der Waals surface area contributed by atoms with Crippen molar-refractivity contribution in [2.24, 2.45) is 0 Å². The minimum Gasteiger partial charge on any atom is -0.478 e. The molecule has 0 bridgehead atoms. The Morgan fingerprint density at radius 1 is 1.29 bits per heavy atom. The fourth-order valence-electron chi connectivity index (χ4n) is 1.88. The summed E-state index contributed by atoms with van der Waals surface area (Å²) in [6.45, 7) is 0. The molecule has 0 aliphatic heterocycles. The lowest BCUT2D eigenvalue weighted by molar-refractivity contribution is 0.0697. The second kappa shape index (κ2) is 3.45. The van der Waals surface area contributed by atoms with E-state index in [1.165, 1.54) is 18.2 Å². The van der Waals surface area contributed by atoms with Gasteiger partial charge in [0.25, 0.3) is 0 Å². The highest BCUT2D eigenvalue weighted by atomic mass is 16.4. The molecule has 4 heteroatoms. The summed E-state index contributed by atoms with van der Waals surface area (Å²) < 4.78 is 5.61. The lowest BCUT2D eigenvalue weighted by Crippen LogP contribution is -2.04. The molecule has 1 aliphatic carbocycles. The van der Waals surface area contributed by atoms with Gasteiger partial charge in [-0.05, 0) is 31.0 Å². The van der Waals surface area contributed by atoms with Gasteiger partial charge in [-0.2, -0.15) is 0 Å². The summed E-state index contributed by atoms with van der Waals surface area (Å²) >= 11 is 0. The molecule has 17 heavy (non-hydrogen) atoms. The van der Waals surface area contributed by atoms with Crippen LogP contribution in [0.25, 0.3) is 11.0 Å². The van der Waals surface area contributed by atoms with Crippen molar-refractivity contribution in [1.82, 2.24) is 0 Å². The normalized spacial score (nSPS) is 15.1. The molecule has 2 aromatic rings. The summed E-state index contributed by atoms with van der Waals surface area (Å²) in [5.74, 6) is 0.0365. The van der Waals surface area contributed by atoms with E-state index < -0.39 is 5.97 Å². The SMILES string of the molecule is O=C(O)c1ccc2oc(C3CC3)cc(=O)c2c1. The van der Waals surface area contributed by atoms with Crippen molar-refractivity contribution >= 4 is 16.9 Å². The molecule has 4 nitrogen and oxygen atoms in total. The number of hydrogen-bond acceptors (Lipinski definition) is 3. The smallest absolute Gasteiger partial charge is 0.335 e. The van der Waals surface area contributed by atoms with Crippen LogP contribution in [0.2, 0.25) is 0 Å². The van der Waals surface area contributed by atoms with Crippen molar-refractivity contribution in [1.29, 1.82) is 0 Å². The Labute approximate surface area is 96.5 Å². The van der Waals surface area contributed by atoms with Crippen LogP contribution in [0.5, 0.6) is 0 Å². The fourth-order valence-corrected chi connectivity index (χ4v) is 1.88. The van der Waals surface area contributed by atoms with Gasteiger partial charge >= 0.3 is 5.97 Å². The molecular weight excluding hydrogens is 220 g/mol. The molecule has 1 heterocycles. The number of carboxylic acids is 1. The van der Waals surface area contributed by atoms with Gasteiger partial charge in [-0.15, -0.1) is 0 Å². The summed E-state index contributed by atoms with van der Waals surface area (Å²) in [5.41, 5.74) is 0.393. The van der Waals surface area contributed by atoms with Crippen LogP contribution in [0.15, 0.2) is 33.5 Å². The van der Waals surface area contributed by atoms with Crippen molar-refractivity contribution in [3.8, 4) is 0 Å². The lowest BCUT2D eigenvalue weighted by atomic mass is 10.1. The van der Waals surface area contributed by atoms with E-state index in [4.69, 9.17) is 9.52 Å². The van der Waals surface area contributed by atoms with Crippen molar-refractivity contribution < 1.29 is 14.3 Å². The Morgan fingerprint density at radius 3 is 2.71 bits per heavy atom. The number of carboxylic acid groups (broad SMARTS) is 1. The van der Waals surface area contributed by atoms with E-state index in [2.05, 4.69) is 0 Å². The maximum atomic E-state index is 11.9. The second-order valence-electron chi connectivity index (χ2n) is 4.30. The molecule has 3 rings (SSSR count). The molecule has 0 atom stereocenters. The van der Waals surface area contributed by atoms with Gasteiger partial charge in [0.2, 0.25) is 0 Å². The first kappa shape index (κ1) is 10.1. The third kappa shape index (κ3) is 1.71. The third-order valence-corrected chi connectivity index (χ3v) is 2.97. The third-order valence-electron chi connectivity index (χ3n) is 2.97. The highest BCUT2D eigenvalue weighted by Crippen LogP contribution is 2.40. The average molecular weight is 230 g/mol. The van der Waals surface area contributed by atoms with Crippen LogP contribution < -0.4 is 5.43 Å². The zero-order chi connectivity index (χ0) is 12.0. The highest BCUT2D eigenvalue weighted by molar-refractivity contribution is 5.92. The molecule has 86 valence electrons. The van der Waals surface area contributed by atoms with Crippen LogP contribution in [0.3, 0.4) is 0 Å². The molecule has 0 unspecified atom stereocenters. The maximum absolute atomic E-state index is 11.9. The number of benzene rings is 1. The predicted octanol–water partition coefficient (Wildman–Crippen LogP) is 2.37. The van der Waals surface area contributed by atoms with Gasteiger partial charge in [-0.25, -0.2) is 4.79 Å². The summed E-state index contributed by atoms with van der Waals surface area (Å²) in [6, 6.07) is 5.84. The minimum atomic E-state index is -1.04. The molecule has 1 aliphatic rings. The zero-order valence-electron chi connectivity index (χ0n) is 8.97. The number of rotatable bonds is 2. The van der Waals surface area contributed by atoms with E-state index in [0.717, 1.165) is 12.8 Å². The first-order valence-corrected chi connectivity index (χ1v) is 5.46. The van der Waals surface area contributed by atoms with E-state index in [1.54, 1.807) is 6.07 Å². The molecule has 0 amide bonds. The number of hydrogen-bond donors (Lipinski definition) is 1. The van der Waals surface area contributed by atoms with Gasteiger partial charge in [-0.3, -0.25) is 4.79 Å². The van der Waals surface area contributed by atoms with Crippen LogP contribution in [-0.2, 0) is 0 Å². The molecule has 1 aromatic heterocycles. The average Bonchev–Trinajstić information content (AvgIpc) is 3.12. The Morgan fingerprint density at radius 2 is 2.06 bits per heavy atom. The van der Waals surface area contributed by atoms with Gasteiger partial charge in [0.15, 0.2) is 5.43 Å². The van der Waals surface area contributed by atoms with E-state index in [1.807, 2.05) is 0 Å². The molecule has 0 spiro atoms. The Bertz CT molecular complexity index is 665. The largest absolute Gasteiger partial charge is 0.478 e. The molecule has 1 aromatic carbocycles. The van der Waals surface area contributed by atoms with Crippen molar-refractivity contribution in [2.75, 3.05) is 0 Å². The topological polar surface area (TPSA) is 67.5 Å². The van der Waals surface area contributed by atoms with Crippen molar-refractivity contribution in [3.63, 3.8) is 0 Å². The van der Waals surface area contributed by atoms with Crippen LogP contribution in [-0.4, -0.2) is 11.1 Å². The van der Waals surface area contributed by atoms with Crippen LogP contribution in [0.4, 0.5) is 0 Å². The molecular formula is C13H10O4. The molecule has 1 fully saturated rings. The number of carbonyl (C=O) groups is 1. The maximum Gasteiger partial charge on any atom is 0.335 e. The standard InChI is InChI=1S/C13H10O4/c14-10-6-12(7-1-2-7)17-11-4-3-8(13(15)16)5-9(10)11/h3-7H,1-2H2,(H,15,16). The molecule has 0 saturated heterocycles. The molecule has 0 radical (unpaired) electrons. The Hall–Kier alpha value is -2.10. The number of fused-ring (bicyclic) bond motifs is 1. The predicted molar refractivity (Wildman–Crippen MR) is 61.4 cm³/mol. The monoisotopic (exact) mass is 230 g/mol. The quantitative estimate of drug-likeness (QED) is 0.859. The first-order valence-electron chi connectivity index (χ1n) is 5.46. The molecule has 1 N–H and O–H groups in total. The van der Waals surface area contributed by atoms with Crippen LogP contribution >= 0.6 is 0 Å². The van der Waals surface area contributed by atoms with Gasteiger partial charge in [0.1, 0.15) is 11.3 Å². The van der Waals surface area contributed by atoms with Gasteiger partial charge < -0.3 is 9.52 Å². The van der Waals surface area contributed by atoms with Gasteiger partial charge in [0.05, 0.1) is 10.9 Å². The fraction of sp³-hybridized carbons (Fsp3) is 0.231. The highest BCUT2D eigenvalue weighted by Gasteiger charge is 2.27. The summed E-state index contributed by atoms with van der Waals surface area (Å²) in [4.78, 5) is 22.7. The van der Waals surface area contributed by atoms with Crippen LogP contribution in [0, 0.1) is 0 Å². The summed E-state index contributed by atoms with van der Waals surface area (Å²) in [7, 11) is 0. The second-order valence-corrected chi connectivity index (χ2v) is 4.30. The molecule has 1 saturated carbocycles. The minimum absolute atomic E-state index is 0.101. The Kier molecular flexibility index (Phi) is 2.04. The van der Waals surface area contributed by atoms with Crippen molar-refractivity contribution in [2.45, 2.75) is 18.8 Å². The van der Waals surface area contributed by atoms with E-state index in [0.29, 0.717) is 22.6 Å². The zero-order valence-corrected chi connectivity index (χ0v) is 8.97. The Balaban J connectivity index is 2.24. The summed E-state index contributed by atoms with van der Waals surface area (Å²) in [5, 5.41) is 9.18. The first-order chi connectivity index (χ1) is 8.15.